The number of pyridine rings is 1. The predicted octanol–water partition coefficient (Wildman–Crippen LogP) is 4.95. The molecule has 0 saturated heterocycles. The summed E-state index contributed by atoms with van der Waals surface area (Å²) in [6.07, 6.45) is 10.2. The van der Waals surface area contributed by atoms with Gasteiger partial charge in [-0.2, -0.15) is 0 Å². The molecule has 0 radical (unpaired) electrons. The summed E-state index contributed by atoms with van der Waals surface area (Å²) in [7, 11) is 0. The van der Waals surface area contributed by atoms with Crippen molar-refractivity contribution >= 4 is 23.5 Å². The van der Waals surface area contributed by atoms with Crippen LogP contribution < -0.4 is 10.6 Å². The van der Waals surface area contributed by atoms with Crippen molar-refractivity contribution in [3.05, 3.63) is 81.9 Å². The second-order valence-corrected chi connectivity index (χ2v) is 10.7. The van der Waals surface area contributed by atoms with Gasteiger partial charge in [-0.1, -0.05) is 32.0 Å². The first-order valence-corrected chi connectivity index (χ1v) is 13.2. The van der Waals surface area contributed by atoms with E-state index in [0.717, 1.165) is 47.9 Å². The molecule has 0 aliphatic heterocycles. The fourth-order valence-corrected chi connectivity index (χ4v) is 5.58. The smallest absolute Gasteiger partial charge is 0.244 e. The second kappa shape index (κ2) is 10.5. The number of benzene rings is 1. The SMILES string of the molecule is Cc1c(CNCCCNC(=O)/C=C/c2cccnc2)oc2c1C(=O)C(=O)c1c-2ccc2c1CCCC2(C)C. The van der Waals surface area contributed by atoms with Gasteiger partial charge in [0.1, 0.15) is 11.5 Å². The third kappa shape index (κ3) is 4.86. The number of fused-ring (bicyclic) bond motifs is 5. The molecule has 2 aliphatic carbocycles. The zero-order valence-electron chi connectivity index (χ0n) is 22.1. The lowest BCUT2D eigenvalue weighted by molar-refractivity contribution is -0.116. The van der Waals surface area contributed by atoms with Crippen LogP contribution in [0.5, 0.6) is 0 Å². The Morgan fingerprint density at radius 1 is 1.13 bits per heavy atom. The van der Waals surface area contributed by atoms with Crippen molar-refractivity contribution in [1.29, 1.82) is 0 Å². The van der Waals surface area contributed by atoms with E-state index in [4.69, 9.17) is 4.42 Å². The van der Waals surface area contributed by atoms with Crippen LogP contribution in [0.25, 0.3) is 17.4 Å². The molecule has 196 valence electrons. The maximum absolute atomic E-state index is 13.3. The molecular weight excluding hydrogens is 478 g/mol. The van der Waals surface area contributed by atoms with E-state index in [2.05, 4.69) is 35.5 Å². The molecule has 5 rings (SSSR count). The molecule has 1 aromatic carbocycles. The zero-order valence-corrected chi connectivity index (χ0v) is 22.1. The van der Waals surface area contributed by atoms with Gasteiger partial charge < -0.3 is 15.1 Å². The molecule has 2 aromatic heterocycles. The Morgan fingerprint density at radius 3 is 2.74 bits per heavy atom. The van der Waals surface area contributed by atoms with Crippen LogP contribution in [0.2, 0.25) is 0 Å². The predicted molar refractivity (Wildman–Crippen MR) is 146 cm³/mol. The van der Waals surface area contributed by atoms with Crippen LogP contribution in [0.3, 0.4) is 0 Å². The van der Waals surface area contributed by atoms with Crippen molar-refractivity contribution in [2.24, 2.45) is 0 Å². The number of carbonyl (C=O) groups excluding carboxylic acids is 3. The molecule has 0 saturated carbocycles. The van der Waals surface area contributed by atoms with Crippen molar-refractivity contribution in [3.8, 4) is 11.3 Å². The van der Waals surface area contributed by atoms with Gasteiger partial charge >= 0.3 is 0 Å². The van der Waals surface area contributed by atoms with Crippen LogP contribution in [-0.4, -0.2) is 35.5 Å². The molecule has 0 bridgehead atoms. The molecule has 2 heterocycles. The number of ketones is 2. The van der Waals surface area contributed by atoms with E-state index < -0.39 is 11.6 Å². The minimum atomic E-state index is -0.473. The first kappa shape index (κ1) is 25.8. The van der Waals surface area contributed by atoms with Crippen LogP contribution in [0, 0.1) is 6.92 Å². The Labute approximate surface area is 222 Å². The molecule has 3 aromatic rings. The molecule has 7 heteroatoms. The van der Waals surface area contributed by atoms with E-state index in [-0.39, 0.29) is 11.3 Å². The summed E-state index contributed by atoms with van der Waals surface area (Å²) >= 11 is 0. The van der Waals surface area contributed by atoms with Crippen LogP contribution in [0.4, 0.5) is 0 Å². The number of Topliss-reactive ketones (excluding diaryl/α,β-unsaturated/α-hetero) is 2. The zero-order chi connectivity index (χ0) is 26.9. The molecule has 2 aliphatic rings. The molecule has 2 N–H and O–H groups in total. The highest BCUT2D eigenvalue weighted by molar-refractivity contribution is 6.53. The quantitative estimate of drug-likeness (QED) is 0.252. The fraction of sp³-hybridized carbons (Fsp3) is 0.355. The number of aromatic nitrogens is 1. The van der Waals surface area contributed by atoms with E-state index in [1.54, 1.807) is 18.5 Å². The number of hydrogen-bond donors (Lipinski definition) is 2. The van der Waals surface area contributed by atoms with Gasteiger partial charge in [-0.3, -0.25) is 19.4 Å². The first-order valence-electron chi connectivity index (χ1n) is 13.2. The monoisotopic (exact) mass is 511 g/mol. The van der Waals surface area contributed by atoms with Crippen LogP contribution >= 0.6 is 0 Å². The van der Waals surface area contributed by atoms with Gasteiger partial charge in [0.15, 0.2) is 0 Å². The highest BCUT2D eigenvalue weighted by Gasteiger charge is 2.40. The van der Waals surface area contributed by atoms with Gasteiger partial charge in [-0.25, -0.2) is 0 Å². The van der Waals surface area contributed by atoms with Gasteiger partial charge in [-0.05, 0) is 73.4 Å². The number of rotatable bonds is 8. The Bertz CT molecular complexity index is 1430. The highest BCUT2D eigenvalue weighted by Crippen LogP contribution is 2.45. The minimum absolute atomic E-state index is 0.0183. The average Bonchev–Trinajstić information content (AvgIpc) is 3.24. The largest absolute Gasteiger partial charge is 0.459 e. The molecule has 1 amide bonds. The lowest BCUT2D eigenvalue weighted by Crippen LogP contribution is -2.29. The lowest BCUT2D eigenvalue weighted by Gasteiger charge is -2.34. The molecule has 0 spiro atoms. The van der Waals surface area contributed by atoms with Gasteiger partial charge in [0.2, 0.25) is 17.5 Å². The van der Waals surface area contributed by atoms with Crippen LogP contribution in [-0.2, 0) is 23.2 Å². The van der Waals surface area contributed by atoms with Gasteiger partial charge in [0.05, 0.1) is 12.1 Å². The first-order chi connectivity index (χ1) is 18.3. The lowest BCUT2D eigenvalue weighted by atomic mass is 9.69. The Hall–Kier alpha value is -3.84. The van der Waals surface area contributed by atoms with Crippen molar-refractivity contribution in [3.63, 3.8) is 0 Å². The Balaban J connectivity index is 1.22. The summed E-state index contributed by atoms with van der Waals surface area (Å²) in [5.41, 5.74) is 5.39. The maximum Gasteiger partial charge on any atom is 0.244 e. The number of nitrogens with zero attached hydrogens (tertiary/aromatic N) is 1. The minimum Gasteiger partial charge on any atom is -0.459 e. The third-order valence-electron chi connectivity index (χ3n) is 7.65. The number of amides is 1. The van der Waals surface area contributed by atoms with Gasteiger partial charge in [-0.15, -0.1) is 0 Å². The fourth-order valence-electron chi connectivity index (χ4n) is 5.58. The van der Waals surface area contributed by atoms with E-state index in [1.807, 2.05) is 25.1 Å². The standard InChI is InChI=1S/C31H33N3O4/c1-19-24(18-33-15-6-16-34-25(35)12-9-20-7-5-14-32-17-20)38-30-22-10-11-23-21(8-4-13-31(23,2)3)27(22)29(37)28(36)26(19)30/h5,7,9-12,14,17,33H,4,6,8,13,15-16,18H2,1-3H3,(H,34,35)/b12-9+. The third-order valence-corrected chi connectivity index (χ3v) is 7.65. The summed E-state index contributed by atoms with van der Waals surface area (Å²) in [6.45, 7) is 7.85. The molecule has 0 fully saturated rings. The normalized spacial score (nSPS) is 15.8. The average molecular weight is 512 g/mol. The van der Waals surface area contributed by atoms with E-state index in [9.17, 15) is 14.4 Å². The van der Waals surface area contributed by atoms with E-state index in [0.29, 0.717) is 47.8 Å². The molecule has 0 unspecified atom stereocenters. The summed E-state index contributed by atoms with van der Waals surface area (Å²) in [5, 5.41) is 6.19. The Morgan fingerprint density at radius 2 is 1.95 bits per heavy atom. The Kier molecular flexibility index (Phi) is 7.13. The summed E-state index contributed by atoms with van der Waals surface area (Å²) in [4.78, 5) is 42.5. The number of furan rings is 1. The van der Waals surface area contributed by atoms with E-state index >= 15 is 0 Å². The molecule has 0 atom stereocenters. The van der Waals surface area contributed by atoms with Crippen LogP contribution in [0.1, 0.15) is 81.8 Å². The van der Waals surface area contributed by atoms with Crippen molar-refractivity contribution < 1.29 is 18.8 Å². The summed E-state index contributed by atoms with van der Waals surface area (Å²) in [6, 6.07) is 7.76. The summed E-state index contributed by atoms with van der Waals surface area (Å²) < 4.78 is 6.22. The summed E-state index contributed by atoms with van der Waals surface area (Å²) in [5.74, 6) is 0.122. The number of nitrogens with one attached hydrogen (secondary N) is 2. The topological polar surface area (TPSA) is 101 Å². The maximum atomic E-state index is 13.3. The van der Waals surface area contributed by atoms with Crippen LogP contribution in [0.15, 0.2) is 47.2 Å². The van der Waals surface area contributed by atoms with Crippen molar-refractivity contribution in [2.75, 3.05) is 13.1 Å². The second-order valence-electron chi connectivity index (χ2n) is 10.7. The van der Waals surface area contributed by atoms with Gasteiger partial charge in [0, 0.05) is 41.7 Å². The highest BCUT2D eigenvalue weighted by atomic mass is 16.3. The molecular formula is C31H33N3O4. The van der Waals surface area contributed by atoms with Crippen molar-refractivity contribution in [1.82, 2.24) is 15.6 Å². The van der Waals surface area contributed by atoms with E-state index in [1.165, 1.54) is 6.08 Å². The molecule has 7 nitrogen and oxygen atoms in total. The van der Waals surface area contributed by atoms with Crippen molar-refractivity contribution in [2.45, 2.75) is 58.4 Å². The van der Waals surface area contributed by atoms with Gasteiger partial charge in [0.25, 0.3) is 0 Å². The number of carbonyl (C=O) groups is 3. The number of hydrogen-bond acceptors (Lipinski definition) is 6. The molecule has 38 heavy (non-hydrogen) atoms.